The van der Waals surface area contributed by atoms with Crippen molar-refractivity contribution in [2.45, 2.75) is 44.9 Å². The first kappa shape index (κ1) is 15.3. The maximum absolute atomic E-state index is 12.3. The van der Waals surface area contributed by atoms with Crippen LogP contribution in [0.2, 0.25) is 0 Å². The number of likely N-dealkylation sites (N-methyl/N-ethyl adjacent to an activating group) is 1. The second kappa shape index (κ2) is 5.75. The number of nitrogens with one attached hydrogen (secondary N) is 1. The number of nitrogens with zero attached hydrogens (tertiary/aromatic N) is 3. The molecule has 1 aliphatic heterocycles. The molecule has 7 heteroatoms. The van der Waals surface area contributed by atoms with Gasteiger partial charge < -0.3 is 10.1 Å². The average molecular weight is 294 g/mol. The minimum atomic E-state index is -0.589. The Labute approximate surface area is 124 Å². The first-order chi connectivity index (χ1) is 9.81. The third-order valence-electron chi connectivity index (χ3n) is 3.36. The van der Waals surface area contributed by atoms with Crippen molar-refractivity contribution >= 4 is 12.0 Å². The monoisotopic (exact) mass is 294 g/mol. The Hall–Kier alpha value is -2.05. The molecule has 2 heterocycles. The van der Waals surface area contributed by atoms with Crippen LogP contribution in [0.3, 0.4) is 0 Å². The standard InChI is InChI=1S/C14H22N4O3/c1-14(2,3)21-13(20)17-9-10(18-7-5-6-16-18)8-11(17)12(19)15-4/h5-7,10-11H,8-9H2,1-4H3,(H,15,19)/t10-,11+/m0/s1. The Morgan fingerprint density at radius 1 is 1.38 bits per heavy atom. The van der Waals surface area contributed by atoms with Gasteiger partial charge in [-0.3, -0.25) is 14.4 Å². The topological polar surface area (TPSA) is 76.5 Å². The summed E-state index contributed by atoms with van der Waals surface area (Å²) in [5.41, 5.74) is -0.589. The summed E-state index contributed by atoms with van der Waals surface area (Å²) in [4.78, 5) is 25.8. The number of amides is 2. The summed E-state index contributed by atoms with van der Waals surface area (Å²) < 4.78 is 7.17. The summed E-state index contributed by atoms with van der Waals surface area (Å²) in [5, 5.41) is 6.79. The molecule has 1 aliphatic rings. The molecule has 0 unspecified atom stereocenters. The lowest BCUT2D eigenvalue weighted by Gasteiger charge is -2.27. The number of hydrogen-bond donors (Lipinski definition) is 1. The molecule has 1 aromatic heterocycles. The van der Waals surface area contributed by atoms with E-state index in [0.717, 1.165) is 0 Å². The lowest BCUT2D eigenvalue weighted by atomic mass is 10.1. The number of ether oxygens (including phenoxy) is 1. The fraction of sp³-hybridized carbons (Fsp3) is 0.643. The molecule has 2 rings (SSSR count). The lowest BCUT2D eigenvalue weighted by Crippen LogP contribution is -2.46. The van der Waals surface area contributed by atoms with Crippen molar-refractivity contribution in [3.05, 3.63) is 18.5 Å². The maximum atomic E-state index is 12.3. The molecular weight excluding hydrogens is 272 g/mol. The van der Waals surface area contributed by atoms with Crippen molar-refractivity contribution in [2.24, 2.45) is 0 Å². The van der Waals surface area contributed by atoms with Crippen LogP contribution in [-0.4, -0.2) is 51.9 Å². The first-order valence-electron chi connectivity index (χ1n) is 7.02. The fourth-order valence-corrected chi connectivity index (χ4v) is 2.44. The number of carbonyl (C=O) groups is 2. The van der Waals surface area contributed by atoms with Gasteiger partial charge in [0.25, 0.3) is 0 Å². The van der Waals surface area contributed by atoms with E-state index in [2.05, 4.69) is 10.4 Å². The van der Waals surface area contributed by atoms with Crippen LogP contribution in [0.4, 0.5) is 4.79 Å². The van der Waals surface area contributed by atoms with Crippen molar-refractivity contribution in [3.8, 4) is 0 Å². The molecule has 1 saturated heterocycles. The summed E-state index contributed by atoms with van der Waals surface area (Å²) in [7, 11) is 1.57. The Morgan fingerprint density at radius 3 is 2.62 bits per heavy atom. The van der Waals surface area contributed by atoms with E-state index in [0.29, 0.717) is 13.0 Å². The molecule has 0 bridgehead atoms. The van der Waals surface area contributed by atoms with Crippen molar-refractivity contribution in [2.75, 3.05) is 13.6 Å². The van der Waals surface area contributed by atoms with E-state index in [1.807, 2.05) is 12.3 Å². The SMILES string of the molecule is CNC(=O)[C@H]1C[C@H](n2cccn2)CN1C(=O)OC(C)(C)C. The predicted molar refractivity (Wildman–Crippen MR) is 76.7 cm³/mol. The molecule has 0 saturated carbocycles. The van der Waals surface area contributed by atoms with Crippen LogP contribution in [0.5, 0.6) is 0 Å². The first-order valence-corrected chi connectivity index (χ1v) is 7.02. The van der Waals surface area contributed by atoms with E-state index in [1.54, 1.807) is 38.7 Å². The predicted octanol–water partition coefficient (Wildman–Crippen LogP) is 1.18. The van der Waals surface area contributed by atoms with Crippen LogP contribution in [0.25, 0.3) is 0 Å². The third kappa shape index (κ3) is 3.53. The van der Waals surface area contributed by atoms with Gasteiger partial charge in [0.1, 0.15) is 11.6 Å². The normalized spacial score (nSPS) is 22.2. The zero-order valence-corrected chi connectivity index (χ0v) is 12.9. The molecule has 2 atom stereocenters. The van der Waals surface area contributed by atoms with Gasteiger partial charge in [-0.05, 0) is 26.8 Å². The molecule has 0 spiro atoms. The number of rotatable bonds is 2. The quantitative estimate of drug-likeness (QED) is 0.888. The van der Waals surface area contributed by atoms with Gasteiger partial charge >= 0.3 is 6.09 Å². The van der Waals surface area contributed by atoms with Crippen molar-refractivity contribution in [1.29, 1.82) is 0 Å². The zero-order chi connectivity index (χ0) is 15.6. The van der Waals surface area contributed by atoms with Gasteiger partial charge in [0.05, 0.1) is 6.04 Å². The smallest absolute Gasteiger partial charge is 0.411 e. The van der Waals surface area contributed by atoms with Gasteiger partial charge in [0.2, 0.25) is 5.91 Å². The number of aromatic nitrogens is 2. The summed E-state index contributed by atoms with van der Waals surface area (Å²) in [6, 6.07) is 1.28. The zero-order valence-electron chi connectivity index (χ0n) is 12.9. The fourth-order valence-electron chi connectivity index (χ4n) is 2.44. The highest BCUT2D eigenvalue weighted by Gasteiger charge is 2.41. The van der Waals surface area contributed by atoms with E-state index in [4.69, 9.17) is 4.74 Å². The van der Waals surface area contributed by atoms with Crippen molar-refractivity contribution in [3.63, 3.8) is 0 Å². The number of hydrogen-bond acceptors (Lipinski definition) is 4. The lowest BCUT2D eigenvalue weighted by molar-refractivity contribution is -0.125. The van der Waals surface area contributed by atoms with E-state index in [1.165, 1.54) is 4.90 Å². The van der Waals surface area contributed by atoms with Crippen molar-refractivity contribution < 1.29 is 14.3 Å². The maximum Gasteiger partial charge on any atom is 0.411 e. The van der Waals surface area contributed by atoms with Crippen LogP contribution in [0.15, 0.2) is 18.5 Å². The number of likely N-dealkylation sites (tertiary alicyclic amines) is 1. The Balaban J connectivity index is 2.16. The van der Waals surface area contributed by atoms with Gasteiger partial charge in [-0.15, -0.1) is 0 Å². The Kier molecular flexibility index (Phi) is 4.20. The average Bonchev–Trinajstić information content (AvgIpc) is 3.04. The van der Waals surface area contributed by atoms with Crippen LogP contribution in [0, 0.1) is 0 Å². The van der Waals surface area contributed by atoms with E-state index < -0.39 is 17.7 Å². The van der Waals surface area contributed by atoms with E-state index >= 15 is 0 Å². The summed E-state index contributed by atoms with van der Waals surface area (Å²) in [6.45, 7) is 5.83. The van der Waals surface area contributed by atoms with Crippen LogP contribution in [-0.2, 0) is 9.53 Å². The van der Waals surface area contributed by atoms with Crippen LogP contribution >= 0.6 is 0 Å². The Morgan fingerprint density at radius 2 is 2.10 bits per heavy atom. The molecule has 1 fully saturated rings. The van der Waals surface area contributed by atoms with Gasteiger partial charge in [0, 0.05) is 32.4 Å². The molecule has 1 N–H and O–H groups in total. The van der Waals surface area contributed by atoms with Gasteiger partial charge in [-0.1, -0.05) is 0 Å². The number of carbonyl (C=O) groups excluding carboxylic acids is 2. The van der Waals surface area contributed by atoms with Crippen LogP contribution < -0.4 is 5.32 Å². The summed E-state index contributed by atoms with van der Waals surface area (Å²) in [6.07, 6.45) is 3.58. The summed E-state index contributed by atoms with van der Waals surface area (Å²) >= 11 is 0. The van der Waals surface area contributed by atoms with Gasteiger partial charge in [-0.2, -0.15) is 5.10 Å². The third-order valence-corrected chi connectivity index (χ3v) is 3.36. The molecule has 0 aliphatic carbocycles. The second-order valence-electron chi connectivity index (χ2n) is 6.14. The highest BCUT2D eigenvalue weighted by Crippen LogP contribution is 2.28. The minimum Gasteiger partial charge on any atom is -0.444 e. The molecular formula is C14H22N4O3. The highest BCUT2D eigenvalue weighted by atomic mass is 16.6. The molecule has 1 aromatic rings. The van der Waals surface area contributed by atoms with Gasteiger partial charge in [0.15, 0.2) is 0 Å². The van der Waals surface area contributed by atoms with Crippen molar-refractivity contribution in [1.82, 2.24) is 20.0 Å². The van der Waals surface area contributed by atoms with E-state index in [9.17, 15) is 9.59 Å². The summed E-state index contributed by atoms with van der Waals surface area (Å²) in [5.74, 6) is -0.185. The Bertz CT molecular complexity index is 507. The van der Waals surface area contributed by atoms with E-state index in [-0.39, 0.29) is 11.9 Å². The second-order valence-corrected chi connectivity index (χ2v) is 6.14. The van der Waals surface area contributed by atoms with Crippen LogP contribution in [0.1, 0.15) is 33.2 Å². The molecule has 0 aromatic carbocycles. The molecule has 116 valence electrons. The highest BCUT2D eigenvalue weighted by molar-refractivity contribution is 5.86. The molecule has 21 heavy (non-hydrogen) atoms. The molecule has 7 nitrogen and oxygen atoms in total. The minimum absolute atomic E-state index is 0.0187. The largest absolute Gasteiger partial charge is 0.444 e. The molecule has 2 amide bonds. The molecule has 0 radical (unpaired) electrons. The van der Waals surface area contributed by atoms with Gasteiger partial charge in [-0.25, -0.2) is 4.79 Å².